The van der Waals surface area contributed by atoms with Crippen LogP contribution in [0.4, 0.5) is 30.6 Å². The van der Waals surface area contributed by atoms with Gasteiger partial charge in [-0.15, -0.1) is 24.5 Å². The number of rotatable bonds is 9. The SMILES string of the molecule is Cc1nc(NCC2CN(c3ccc(OC(F)(F)F)cc3)C2)nc(N[C@@]2(O)CC[C@H](CO)[C@H]2O)c1-c1nc2c(C)nccc2s1. The molecule has 1 saturated heterocycles. The normalized spacial score (nSPS) is 22.3. The van der Waals surface area contributed by atoms with Crippen LogP contribution in [0.2, 0.25) is 0 Å². The molecule has 2 fully saturated rings. The summed E-state index contributed by atoms with van der Waals surface area (Å²) in [6, 6.07) is 7.66. The molecule has 1 aromatic carbocycles. The molecule has 234 valence electrons. The summed E-state index contributed by atoms with van der Waals surface area (Å²) in [7, 11) is 0. The highest BCUT2D eigenvalue weighted by molar-refractivity contribution is 7.21. The highest BCUT2D eigenvalue weighted by Crippen LogP contribution is 2.41. The Labute approximate surface area is 254 Å². The highest BCUT2D eigenvalue weighted by Gasteiger charge is 2.47. The molecular weight excluding hydrogens is 599 g/mol. The zero-order valence-corrected chi connectivity index (χ0v) is 24.8. The predicted octanol–water partition coefficient (Wildman–Crippen LogP) is 4.08. The molecule has 5 N–H and O–H groups in total. The minimum atomic E-state index is -4.73. The summed E-state index contributed by atoms with van der Waals surface area (Å²) >= 11 is 1.45. The number of ether oxygens (including phenoxy) is 1. The molecule has 44 heavy (non-hydrogen) atoms. The largest absolute Gasteiger partial charge is 0.573 e. The van der Waals surface area contributed by atoms with Crippen molar-refractivity contribution < 1.29 is 33.2 Å². The molecule has 4 aromatic rings. The van der Waals surface area contributed by atoms with E-state index in [1.165, 1.54) is 23.5 Å². The Hall–Kier alpha value is -3.79. The van der Waals surface area contributed by atoms with E-state index >= 15 is 0 Å². The summed E-state index contributed by atoms with van der Waals surface area (Å²) in [5.41, 5.74) is 1.84. The molecule has 0 bridgehead atoms. The zero-order chi connectivity index (χ0) is 31.2. The van der Waals surface area contributed by atoms with Crippen molar-refractivity contribution in [3.05, 3.63) is 47.9 Å². The second-order valence-corrected chi connectivity index (χ2v) is 12.3. The lowest BCUT2D eigenvalue weighted by Gasteiger charge is -2.41. The van der Waals surface area contributed by atoms with E-state index < -0.39 is 24.1 Å². The van der Waals surface area contributed by atoms with E-state index in [1.807, 2.05) is 24.8 Å². The number of thiazole rings is 1. The molecule has 0 radical (unpaired) electrons. The van der Waals surface area contributed by atoms with Crippen LogP contribution >= 0.6 is 11.3 Å². The number of fused-ring (bicyclic) bond motifs is 1. The first kappa shape index (κ1) is 30.2. The standard InChI is InChI=1S/C29H32F3N7O4S/c1-15-22(26-36-23-16(2)33-10-8-21(23)44-26)25(38-28(42)9-7-18(14-40)24(28)41)37-27(35-15)34-11-17-12-39(13-17)19-3-5-20(6-4-19)43-29(30,31)32/h3-6,8,10,17-18,24,40-42H,7,9,11-14H2,1-2H3,(H2,34,35,37,38)/t18-,24-,28-/m1/s1. The van der Waals surface area contributed by atoms with Gasteiger partial charge in [0.1, 0.15) is 28.2 Å². The van der Waals surface area contributed by atoms with Crippen molar-refractivity contribution in [2.24, 2.45) is 11.8 Å². The van der Waals surface area contributed by atoms with Crippen LogP contribution in [-0.4, -0.2) is 79.7 Å². The summed E-state index contributed by atoms with van der Waals surface area (Å²) in [6.07, 6.45) is -3.56. The first-order valence-corrected chi connectivity index (χ1v) is 15.0. The van der Waals surface area contributed by atoms with Crippen molar-refractivity contribution >= 4 is 39.0 Å². The number of aryl methyl sites for hydroxylation is 2. The van der Waals surface area contributed by atoms with E-state index in [0.29, 0.717) is 54.1 Å². The smallest absolute Gasteiger partial charge is 0.406 e. The Morgan fingerprint density at radius 1 is 1.09 bits per heavy atom. The van der Waals surface area contributed by atoms with E-state index in [2.05, 4.69) is 25.3 Å². The zero-order valence-electron chi connectivity index (χ0n) is 24.0. The number of halogens is 3. The van der Waals surface area contributed by atoms with Gasteiger partial charge in [-0.05, 0) is 57.0 Å². The molecule has 1 aliphatic carbocycles. The number of hydrogen-bond donors (Lipinski definition) is 5. The number of aromatic nitrogens is 4. The van der Waals surface area contributed by atoms with Crippen molar-refractivity contribution in [3.8, 4) is 16.3 Å². The fourth-order valence-corrected chi connectivity index (χ4v) is 6.84. The van der Waals surface area contributed by atoms with Gasteiger partial charge in [0.05, 0.1) is 21.7 Å². The summed E-state index contributed by atoms with van der Waals surface area (Å²) in [4.78, 5) is 20.6. The van der Waals surface area contributed by atoms with Crippen LogP contribution in [0.1, 0.15) is 24.2 Å². The molecule has 0 amide bonds. The lowest BCUT2D eigenvalue weighted by molar-refractivity contribution is -0.274. The lowest BCUT2D eigenvalue weighted by Crippen LogP contribution is -2.49. The summed E-state index contributed by atoms with van der Waals surface area (Å²) < 4.78 is 42.2. The second kappa shape index (κ2) is 11.6. The van der Waals surface area contributed by atoms with Gasteiger partial charge in [-0.2, -0.15) is 4.98 Å². The number of aliphatic hydroxyl groups is 3. The Morgan fingerprint density at radius 3 is 2.50 bits per heavy atom. The average Bonchev–Trinajstić information content (AvgIpc) is 3.49. The number of anilines is 3. The number of nitrogens with zero attached hydrogens (tertiary/aromatic N) is 5. The minimum absolute atomic E-state index is 0.217. The van der Waals surface area contributed by atoms with Crippen molar-refractivity contribution in [1.29, 1.82) is 0 Å². The quantitative estimate of drug-likeness (QED) is 0.170. The lowest BCUT2D eigenvalue weighted by atomic mass is 9.99. The molecule has 2 aliphatic rings. The van der Waals surface area contributed by atoms with Gasteiger partial charge in [0.25, 0.3) is 0 Å². The Kier molecular flexibility index (Phi) is 7.98. The van der Waals surface area contributed by atoms with Gasteiger partial charge in [-0.1, -0.05) is 0 Å². The molecule has 1 saturated carbocycles. The topological polar surface area (TPSA) is 149 Å². The van der Waals surface area contributed by atoms with Gasteiger partial charge in [0.15, 0.2) is 5.72 Å². The molecule has 3 atom stereocenters. The van der Waals surface area contributed by atoms with Crippen LogP contribution in [0.3, 0.4) is 0 Å². The maximum absolute atomic E-state index is 12.4. The third kappa shape index (κ3) is 6.09. The predicted molar refractivity (Wildman–Crippen MR) is 160 cm³/mol. The molecule has 3 aromatic heterocycles. The van der Waals surface area contributed by atoms with Crippen molar-refractivity contribution in [3.63, 3.8) is 0 Å². The molecule has 15 heteroatoms. The molecule has 1 aliphatic heterocycles. The summed E-state index contributed by atoms with van der Waals surface area (Å²) in [5, 5.41) is 38.8. The Balaban J connectivity index is 1.20. The van der Waals surface area contributed by atoms with Crippen LogP contribution in [0.5, 0.6) is 5.75 Å². The van der Waals surface area contributed by atoms with Crippen LogP contribution < -0.4 is 20.3 Å². The van der Waals surface area contributed by atoms with E-state index in [9.17, 15) is 28.5 Å². The van der Waals surface area contributed by atoms with Gasteiger partial charge >= 0.3 is 6.36 Å². The summed E-state index contributed by atoms with van der Waals surface area (Å²) in [6.45, 7) is 5.36. The highest BCUT2D eigenvalue weighted by atomic mass is 32.1. The molecular formula is C29H32F3N7O4S. The third-order valence-electron chi connectivity index (χ3n) is 8.14. The van der Waals surface area contributed by atoms with Crippen LogP contribution in [0.25, 0.3) is 20.8 Å². The van der Waals surface area contributed by atoms with E-state index in [1.54, 1.807) is 18.3 Å². The van der Waals surface area contributed by atoms with Gasteiger partial charge in [0, 0.05) is 50.0 Å². The first-order chi connectivity index (χ1) is 20.9. The minimum Gasteiger partial charge on any atom is -0.406 e. The van der Waals surface area contributed by atoms with Gasteiger partial charge in [-0.25, -0.2) is 9.97 Å². The molecule has 4 heterocycles. The fraction of sp³-hybridized carbons (Fsp3) is 0.448. The summed E-state index contributed by atoms with van der Waals surface area (Å²) in [5.74, 6) is 0.130. The van der Waals surface area contributed by atoms with Gasteiger partial charge in [-0.3, -0.25) is 4.98 Å². The maximum atomic E-state index is 12.4. The number of nitrogens with one attached hydrogen (secondary N) is 2. The Bertz CT molecular complexity index is 1650. The van der Waals surface area contributed by atoms with Crippen LogP contribution in [0, 0.1) is 25.7 Å². The van der Waals surface area contributed by atoms with E-state index in [-0.39, 0.29) is 24.7 Å². The molecule has 0 unspecified atom stereocenters. The van der Waals surface area contributed by atoms with Crippen LogP contribution in [-0.2, 0) is 0 Å². The number of aliphatic hydroxyl groups excluding tert-OH is 2. The average molecular weight is 632 g/mol. The fourth-order valence-electron chi connectivity index (χ4n) is 5.73. The molecule has 11 nitrogen and oxygen atoms in total. The number of alkyl halides is 3. The Morgan fingerprint density at radius 2 is 1.84 bits per heavy atom. The van der Waals surface area contributed by atoms with Gasteiger partial charge in [0.2, 0.25) is 5.95 Å². The number of pyridine rings is 1. The molecule has 6 rings (SSSR count). The monoisotopic (exact) mass is 631 g/mol. The third-order valence-corrected chi connectivity index (χ3v) is 9.17. The van der Waals surface area contributed by atoms with E-state index in [4.69, 9.17) is 9.97 Å². The van der Waals surface area contributed by atoms with Gasteiger partial charge < -0.3 is 35.6 Å². The second-order valence-electron chi connectivity index (χ2n) is 11.3. The van der Waals surface area contributed by atoms with Crippen molar-refractivity contribution in [2.75, 3.05) is 41.8 Å². The first-order valence-electron chi connectivity index (χ1n) is 14.2. The van der Waals surface area contributed by atoms with Crippen LogP contribution in [0.15, 0.2) is 36.5 Å². The number of benzene rings is 1. The van der Waals surface area contributed by atoms with E-state index in [0.717, 1.165) is 21.6 Å². The maximum Gasteiger partial charge on any atom is 0.573 e. The van der Waals surface area contributed by atoms with Crippen molar-refractivity contribution in [2.45, 2.75) is 44.9 Å². The number of hydrogen-bond acceptors (Lipinski definition) is 12. The molecule has 0 spiro atoms. The van der Waals surface area contributed by atoms with Crippen molar-refractivity contribution in [1.82, 2.24) is 19.9 Å².